The summed E-state index contributed by atoms with van der Waals surface area (Å²) >= 11 is 0. The van der Waals surface area contributed by atoms with Crippen LogP contribution in [0.25, 0.3) is 0 Å². The SMILES string of the molecule is CC(C)(C)c1ccccc1OCC(=O)N1CCC([C@@H](O)c2ccccc2)CC1. The van der Waals surface area contributed by atoms with E-state index in [1.165, 1.54) is 0 Å². The van der Waals surface area contributed by atoms with Gasteiger partial charge in [-0.05, 0) is 41.4 Å². The van der Waals surface area contributed by atoms with E-state index in [2.05, 4.69) is 26.8 Å². The second-order valence-corrected chi connectivity index (χ2v) is 8.61. The number of amides is 1. The average molecular weight is 382 g/mol. The topological polar surface area (TPSA) is 49.8 Å². The highest BCUT2D eigenvalue weighted by Gasteiger charge is 2.28. The van der Waals surface area contributed by atoms with E-state index in [9.17, 15) is 9.90 Å². The Bertz CT molecular complexity index is 774. The minimum Gasteiger partial charge on any atom is -0.483 e. The third kappa shape index (κ3) is 4.93. The summed E-state index contributed by atoms with van der Waals surface area (Å²) in [6.07, 6.45) is 1.15. The van der Waals surface area contributed by atoms with Gasteiger partial charge in [-0.15, -0.1) is 0 Å². The van der Waals surface area contributed by atoms with E-state index in [4.69, 9.17) is 4.74 Å². The summed E-state index contributed by atoms with van der Waals surface area (Å²) in [5.74, 6) is 0.975. The van der Waals surface area contributed by atoms with Gasteiger partial charge in [0.05, 0.1) is 6.10 Å². The Hall–Kier alpha value is -2.33. The van der Waals surface area contributed by atoms with Gasteiger partial charge in [-0.25, -0.2) is 0 Å². The number of rotatable bonds is 5. The zero-order chi connectivity index (χ0) is 20.1. The van der Waals surface area contributed by atoms with Crippen LogP contribution in [0, 0.1) is 5.92 Å². The summed E-state index contributed by atoms with van der Waals surface area (Å²) in [7, 11) is 0. The molecule has 1 aliphatic heterocycles. The van der Waals surface area contributed by atoms with Crippen molar-refractivity contribution in [3.63, 3.8) is 0 Å². The van der Waals surface area contributed by atoms with Crippen LogP contribution in [0.3, 0.4) is 0 Å². The predicted molar refractivity (Wildman–Crippen MR) is 111 cm³/mol. The highest BCUT2D eigenvalue weighted by atomic mass is 16.5. The smallest absolute Gasteiger partial charge is 0.260 e. The van der Waals surface area contributed by atoms with Crippen molar-refractivity contribution in [2.75, 3.05) is 19.7 Å². The fourth-order valence-corrected chi connectivity index (χ4v) is 3.83. The molecular weight excluding hydrogens is 350 g/mol. The summed E-state index contributed by atoms with van der Waals surface area (Å²) in [5, 5.41) is 10.6. The van der Waals surface area contributed by atoms with Crippen LogP contribution in [0.2, 0.25) is 0 Å². The Morgan fingerprint density at radius 3 is 2.32 bits per heavy atom. The number of ether oxygens (including phenoxy) is 1. The van der Waals surface area contributed by atoms with E-state index < -0.39 is 6.10 Å². The second kappa shape index (κ2) is 8.78. The van der Waals surface area contributed by atoms with Crippen molar-refractivity contribution in [1.82, 2.24) is 4.90 Å². The molecule has 1 N–H and O–H groups in total. The van der Waals surface area contributed by atoms with Gasteiger partial charge in [0.15, 0.2) is 6.61 Å². The first kappa shape index (κ1) is 20.4. The molecule has 1 atom stereocenters. The zero-order valence-corrected chi connectivity index (χ0v) is 17.1. The summed E-state index contributed by atoms with van der Waals surface area (Å²) in [4.78, 5) is 14.5. The Morgan fingerprint density at radius 1 is 1.07 bits per heavy atom. The maximum absolute atomic E-state index is 12.6. The minimum atomic E-state index is -0.464. The number of likely N-dealkylation sites (tertiary alicyclic amines) is 1. The van der Waals surface area contributed by atoms with Gasteiger partial charge in [-0.3, -0.25) is 4.79 Å². The number of aliphatic hydroxyl groups is 1. The average Bonchev–Trinajstić information content (AvgIpc) is 2.72. The fourth-order valence-electron chi connectivity index (χ4n) is 3.83. The molecule has 28 heavy (non-hydrogen) atoms. The maximum atomic E-state index is 12.6. The van der Waals surface area contributed by atoms with Gasteiger partial charge in [0.2, 0.25) is 0 Å². The number of piperidine rings is 1. The summed E-state index contributed by atoms with van der Waals surface area (Å²) < 4.78 is 5.88. The monoisotopic (exact) mass is 381 g/mol. The van der Waals surface area contributed by atoms with Crippen LogP contribution in [0.1, 0.15) is 50.8 Å². The molecule has 150 valence electrons. The lowest BCUT2D eigenvalue weighted by atomic mass is 9.86. The molecule has 0 radical (unpaired) electrons. The summed E-state index contributed by atoms with van der Waals surface area (Å²) in [5.41, 5.74) is 2.02. The summed E-state index contributed by atoms with van der Waals surface area (Å²) in [6, 6.07) is 17.7. The van der Waals surface area contributed by atoms with Crippen molar-refractivity contribution < 1.29 is 14.6 Å². The fraction of sp³-hybridized carbons (Fsp3) is 0.458. The quantitative estimate of drug-likeness (QED) is 0.838. The normalized spacial score (nSPS) is 16.6. The Labute approximate surface area is 168 Å². The van der Waals surface area contributed by atoms with Gasteiger partial charge in [0, 0.05) is 13.1 Å². The van der Waals surface area contributed by atoms with Crippen LogP contribution in [0.4, 0.5) is 0 Å². The van der Waals surface area contributed by atoms with Gasteiger partial charge in [0.25, 0.3) is 5.91 Å². The number of aliphatic hydroxyl groups excluding tert-OH is 1. The number of carbonyl (C=O) groups is 1. The molecule has 0 aromatic heterocycles. The number of hydrogen-bond donors (Lipinski definition) is 1. The van der Waals surface area contributed by atoms with Crippen molar-refractivity contribution in [2.24, 2.45) is 5.92 Å². The Balaban J connectivity index is 1.52. The number of benzene rings is 2. The number of nitrogens with zero attached hydrogens (tertiary/aromatic N) is 1. The molecule has 0 unspecified atom stereocenters. The van der Waals surface area contributed by atoms with Gasteiger partial charge in [-0.2, -0.15) is 0 Å². The standard InChI is InChI=1S/C24H31NO3/c1-24(2,3)20-11-7-8-12-21(20)28-17-22(26)25-15-13-19(14-16-25)23(27)18-9-5-4-6-10-18/h4-12,19,23,27H,13-17H2,1-3H3/t23-/m0/s1. The molecule has 1 fully saturated rings. The molecule has 1 amide bonds. The van der Waals surface area contributed by atoms with Gasteiger partial charge < -0.3 is 14.7 Å². The van der Waals surface area contributed by atoms with Crippen LogP contribution in [-0.2, 0) is 10.2 Å². The van der Waals surface area contributed by atoms with E-state index in [1.54, 1.807) is 0 Å². The van der Waals surface area contributed by atoms with Crippen molar-refractivity contribution in [1.29, 1.82) is 0 Å². The molecule has 0 spiro atoms. The third-order valence-electron chi connectivity index (χ3n) is 5.53. The van der Waals surface area contributed by atoms with Crippen molar-refractivity contribution in [3.8, 4) is 5.75 Å². The summed E-state index contributed by atoms with van der Waals surface area (Å²) in [6.45, 7) is 7.80. The predicted octanol–water partition coefficient (Wildman–Crippen LogP) is 4.34. The molecule has 4 nitrogen and oxygen atoms in total. The van der Waals surface area contributed by atoms with Crippen LogP contribution >= 0.6 is 0 Å². The van der Waals surface area contributed by atoms with Crippen LogP contribution < -0.4 is 4.74 Å². The van der Waals surface area contributed by atoms with Gasteiger partial charge >= 0.3 is 0 Å². The van der Waals surface area contributed by atoms with Crippen molar-refractivity contribution in [3.05, 3.63) is 65.7 Å². The maximum Gasteiger partial charge on any atom is 0.260 e. The molecule has 4 heteroatoms. The van der Waals surface area contributed by atoms with Gasteiger partial charge in [-0.1, -0.05) is 69.3 Å². The van der Waals surface area contributed by atoms with Crippen LogP contribution in [0.5, 0.6) is 5.75 Å². The highest BCUT2D eigenvalue weighted by Crippen LogP contribution is 2.32. The molecule has 0 aliphatic carbocycles. The minimum absolute atomic E-state index is 0.0105. The van der Waals surface area contributed by atoms with Crippen molar-refractivity contribution in [2.45, 2.75) is 45.1 Å². The highest BCUT2D eigenvalue weighted by molar-refractivity contribution is 5.78. The zero-order valence-electron chi connectivity index (χ0n) is 17.1. The lowest BCUT2D eigenvalue weighted by Crippen LogP contribution is -2.42. The molecule has 3 rings (SSSR count). The largest absolute Gasteiger partial charge is 0.483 e. The third-order valence-corrected chi connectivity index (χ3v) is 5.53. The molecule has 1 saturated heterocycles. The Morgan fingerprint density at radius 2 is 1.68 bits per heavy atom. The van der Waals surface area contributed by atoms with E-state index in [-0.39, 0.29) is 23.8 Å². The van der Waals surface area contributed by atoms with E-state index >= 15 is 0 Å². The first-order valence-corrected chi connectivity index (χ1v) is 10.1. The first-order chi connectivity index (χ1) is 13.4. The molecular formula is C24H31NO3. The lowest BCUT2D eigenvalue weighted by molar-refractivity contribution is -0.135. The number of para-hydroxylation sites is 1. The Kier molecular flexibility index (Phi) is 6.40. The first-order valence-electron chi connectivity index (χ1n) is 10.1. The second-order valence-electron chi connectivity index (χ2n) is 8.61. The molecule has 1 heterocycles. The van der Waals surface area contributed by atoms with E-state index in [0.717, 1.165) is 29.7 Å². The van der Waals surface area contributed by atoms with Crippen LogP contribution in [-0.4, -0.2) is 35.6 Å². The number of hydrogen-bond acceptors (Lipinski definition) is 3. The van der Waals surface area contributed by atoms with Crippen molar-refractivity contribution >= 4 is 5.91 Å². The van der Waals surface area contributed by atoms with Gasteiger partial charge in [0.1, 0.15) is 5.75 Å². The van der Waals surface area contributed by atoms with E-state index in [1.807, 2.05) is 53.4 Å². The van der Waals surface area contributed by atoms with E-state index in [0.29, 0.717) is 13.1 Å². The molecule has 2 aromatic carbocycles. The molecule has 2 aromatic rings. The lowest BCUT2D eigenvalue weighted by Gasteiger charge is -2.34. The van der Waals surface area contributed by atoms with Crippen LogP contribution in [0.15, 0.2) is 54.6 Å². The molecule has 0 saturated carbocycles. The number of carbonyl (C=O) groups excluding carboxylic acids is 1. The molecule has 0 bridgehead atoms. The molecule has 1 aliphatic rings.